The first-order chi connectivity index (χ1) is 7.57. The molecule has 0 spiro atoms. The molecule has 0 bridgehead atoms. The molecule has 1 fully saturated rings. The standard InChI is InChI=1S/C12H23NO3/c1-13(11(14)6-5-9-16-2)10-12(15)7-3-4-8-12/h15H,3-10H2,1-2H3. The van der Waals surface area contributed by atoms with Crippen molar-refractivity contribution in [2.75, 3.05) is 27.3 Å². The molecule has 0 aromatic heterocycles. The van der Waals surface area contributed by atoms with E-state index in [0.29, 0.717) is 19.6 Å². The second-order valence-electron chi connectivity index (χ2n) is 4.78. The van der Waals surface area contributed by atoms with E-state index in [2.05, 4.69) is 0 Å². The Morgan fingerprint density at radius 3 is 2.62 bits per heavy atom. The van der Waals surface area contributed by atoms with Crippen molar-refractivity contribution < 1.29 is 14.6 Å². The largest absolute Gasteiger partial charge is 0.388 e. The molecule has 0 aromatic carbocycles. The van der Waals surface area contributed by atoms with E-state index < -0.39 is 5.60 Å². The lowest BCUT2D eigenvalue weighted by molar-refractivity contribution is -0.133. The van der Waals surface area contributed by atoms with E-state index in [4.69, 9.17) is 4.74 Å². The molecule has 1 aliphatic carbocycles. The van der Waals surface area contributed by atoms with Crippen LogP contribution in [-0.2, 0) is 9.53 Å². The van der Waals surface area contributed by atoms with Crippen LogP contribution >= 0.6 is 0 Å². The molecular weight excluding hydrogens is 206 g/mol. The van der Waals surface area contributed by atoms with Crippen LogP contribution in [0.15, 0.2) is 0 Å². The first-order valence-electron chi connectivity index (χ1n) is 6.03. The van der Waals surface area contributed by atoms with E-state index >= 15 is 0 Å². The lowest BCUT2D eigenvalue weighted by atomic mass is 10.0. The van der Waals surface area contributed by atoms with Crippen LogP contribution in [0.5, 0.6) is 0 Å². The molecule has 94 valence electrons. The molecule has 0 unspecified atom stereocenters. The van der Waals surface area contributed by atoms with Gasteiger partial charge in [-0.15, -0.1) is 0 Å². The predicted octanol–water partition coefficient (Wildman–Crippen LogP) is 1.18. The van der Waals surface area contributed by atoms with Crippen molar-refractivity contribution in [3.8, 4) is 0 Å². The third kappa shape index (κ3) is 4.10. The number of hydrogen-bond donors (Lipinski definition) is 1. The lowest BCUT2D eigenvalue weighted by Gasteiger charge is -2.28. The third-order valence-corrected chi connectivity index (χ3v) is 3.23. The van der Waals surface area contributed by atoms with Gasteiger partial charge in [-0.25, -0.2) is 0 Å². The summed E-state index contributed by atoms with van der Waals surface area (Å²) < 4.78 is 4.91. The SMILES string of the molecule is COCCCC(=O)N(C)CC1(O)CCCC1. The smallest absolute Gasteiger partial charge is 0.222 e. The molecule has 0 atom stereocenters. The fourth-order valence-corrected chi connectivity index (χ4v) is 2.28. The van der Waals surface area contributed by atoms with E-state index in [-0.39, 0.29) is 5.91 Å². The predicted molar refractivity (Wildman–Crippen MR) is 62.2 cm³/mol. The molecule has 1 rings (SSSR count). The molecule has 1 amide bonds. The van der Waals surface area contributed by atoms with Crippen LogP contribution in [0.3, 0.4) is 0 Å². The highest BCUT2D eigenvalue weighted by Gasteiger charge is 2.33. The molecule has 1 N–H and O–H groups in total. The average Bonchev–Trinajstić information content (AvgIpc) is 2.65. The van der Waals surface area contributed by atoms with Gasteiger partial charge in [0.05, 0.1) is 5.60 Å². The number of aliphatic hydroxyl groups is 1. The molecule has 4 nitrogen and oxygen atoms in total. The van der Waals surface area contributed by atoms with Gasteiger partial charge in [-0.05, 0) is 19.3 Å². The highest BCUT2D eigenvalue weighted by molar-refractivity contribution is 5.75. The second-order valence-corrected chi connectivity index (χ2v) is 4.78. The summed E-state index contributed by atoms with van der Waals surface area (Å²) in [5, 5.41) is 10.2. The van der Waals surface area contributed by atoms with Crippen molar-refractivity contribution in [2.24, 2.45) is 0 Å². The van der Waals surface area contributed by atoms with Crippen LogP contribution in [-0.4, -0.2) is 48.8 Å². The minimum absolute atomic E-state index is 0.0948. The van der Waals surface area contributed by atoms with Crippen LogP contribution < -0.4 is 0 Å². The number of amides is 1. The number of hydrogen-bond acceptors (Lipinski definition) is 3. The second kappa shape index (κ2) is 6.21. The molecule has 1 aliphatic rings. The Bertz CT molecular complexity index is 224. The fraction of sp³-hybridized carbons (Fsp3) is 0.917. The quantitative estimate of drug-likeness (QED) is 0.696. The van der Waals surface area contributed by atoms with Crippen LogP contribution in [0.25, 0.3) is 0 Å². The Balaban J connectivity index is 2.27. The van der Waals surface area contributed by atoms with Crippen LogP contribution in [0.4, 0.5) is 0 Å². The van der Waals surface area contributed by atoms with E-state index in [9.17, 15) is 9.90 Å². The summed E-state index contributed by atoms with van der Waals surface area (Å²) >= 11 is 0. The first-order valence-corrected chi connectivity index (χ1v) is 6.03. The molecule has 0 radical (unpaired) electrons. The molecule has 4 heteroatoms. The number of carbonyl (C=O) groups excluding carboxylic acids is 1. The maximum absolute atomic E-state index is 11.7. The zero-order valence-electron chi connectivity index (χ0n) is 10.4. The van der Waals surface area contributed by atoms with Crippen LogP contribution in [0.1, 0.15) is 38.5 Å². The zero-order chi connectivity index (χ0) is 12.0. The first kappa shape index (κ1) is 13.5. The number of methoxy groups -OCH3 is 1. The van der Waals surface area contributed by atoms with Crippen molar-refractivity contribution in [1.82, 2.24) is 4.90 Å². The van der Waals surface area contributed by atoms with Gasteiger partial charge < -0.3 is 14.7 Å². The monoisotopic (exact) mass is 229 g/mol. The molecule has 0 aliphatic heterocycles. The van der Waals surface area contributed by atoms with Crippen molar-refractivity contribution in [3.05, 3.63) is 0 Å². The van der Waals surface area contributed by atoms with E-state index in [1.54, 1.807) is 19.1 Å². The van der Waals surface area contributed by atoms with Crippen molar-refractivity contribution in [2.45, 2.75) is 44.1 Å². The Kier molecular flexibility index (Phi) is 5.22. The Hall–Kier alpha value is -0.610. The van der Waals surface area contributed by atoms with Gasteiger partial charge in [0.1, 0.15) is 0 Å². The van der Waals surface area contributed by atoms with E-state index in [0.717, 1.165) is 32.1 Å². The number of carbonyl (C=O) groups is 1. The summed E-state index contributed by atoms with van der Waals surface area (Å²) in [6.07, 6.45) is 5.04. The summed E-state index contributed by atoms with van der Waals surface area (Å²) in [5.41, 5.74) is -0.633. The molecular formula is C12H23NO3. The highest BCUT2D eigenvalue weighted by atomic mass is 16.5. The van der Waals surface area contributed by atoms with Gasteiger partial charge in [0.15, 0.2) is 0 Å². The van der Waals surface area contributed by atoms with Crippen molar-refractivity contribution in [3.63, 3.8) is 0 Å². The minimum Gasteiger partial charge on any atom is -0.388 e. The number of rotatable bonds is 6. The van der Waals surface area contributed by atoms with Gasteiger partial charge in [-0.3, -0.25) is 4.79 Å². The number of ether oxygens (including phenoxy) is 1. The van der Waals surface area contributed by atoms with Gasteiger partial charge in [0, 0.05) is 33.7 Å². The normalized spacial score (nSPS) is 18.7. The minimum atomic E-state index is -0.633. The summed E-state index contributed by atoms with van der Waals surface area (Å²) in [6, 6.07) is 0. The van der Waals surface area contributed by atoms with E-state index in [1.165, 1.54) is 0 Å². The Labute approximate surface area is 97.6 Å². The summed E-state index contributed by atoms with van der Waals surface area (Å²) in [7, 11) is 3.40. The zero-order valence-corrected chi connectivity index (χ0v) is 10.4. The van der Waals surface area contributed by atoms with Crippen LogP contribution in [0.2, 0.25) is 0 Å². The average molecular weight is 229 g/mol. The summed E-state index contributed by atoms with van der Waals surface area (Å²) in [4.78, 5) is 13.4. The molecule has 0 heterocycles. The molecule has 0 aromatic rings. The highest BCUT2D eigenvalue weighted by Crippen LogP contribution is 2.29. The van der Waals surface area contributed by atoms with E-state index in [1.807, 2.05) is 0 Å². The third-order valence-electron chi connectivity index (χ3n) is 3.23. The van der Waals surface area contributed by atoms with Crippen LogP contribution in [0, 0.1) is 0 Å². The maximum Gasteiger partial charge on any atom is 0.222 e. The van der Waals surface area contributed by atoms with Gasteiger partial charge >= 0.3 is 0 Å². The molecule has 16 heavy (non-hydrogen) atoms. The van der Waals surface area contributed by atoms with Gasteiger partial charge in [-0.2, -0.15) is 0 Å². The fourth-order valence-electron chi connectivity index (χ4n) is 2.28. The van der Waals surface area contributed by atoms with Gasteiger partial charge in [0.2, 0.25) is 5.91 Å². The van der Waals surface area contributed by atoms with Crippen molar-refractivity contribution in [1.29, 1.82) is 0 Å². The molecule has 1 saturated carbocycles. The Morgan fingerprint density at radius 2 is 2.06 bits per heavy atom. The van der Waals surface area contributed by atoms with Gasteiger partial charge in [0.25, 0.3) is 0 Å². The number of nitrogens with zero attached hydrogens (tertiary/aromatic N) is 1. The maximum atomic E-state index is 11.7. The lowest BCUT2D eigenvalue weighted by Crippen LogP contribution is -2.42. The summed E-state index contributed by atoms with van der Waals surface area (Å²) in [5.74, 6) is 0.0948. The van der Waals surface area contributed by atoms with Gasteiger partial charge in [-0.1, -0.05) is 12.8 Å². The summed E-state index contributed by atoms with van der Waals surface area (Å²) in [6.45, 7) is 1.09. The molecule has 0 saturated heterocycles. The number of likely N-dealkylation sites (N-methyl/N-ethyl adjacent to an activating group) is 1. The Morgan fingerprint density at radius 1 is 1.44 bits per heavy atom. The topological polar surface area (TPSA) is 49.8 Å². The van der Waals surface area contributed by atoms with Crippen molar-refractivity contribution >= 4 is 5.91 Å².